The van der Waals surface area contributed by atoms with Crippen LogP contribution in [0, 0.1) is 0 Å². The summed E-state index contributed by atoms with van der Waals surface area (Å²) in [5, 5.41) is 11.0. The third-order valence-corrected chi connectivity index (χ3v) is 5.42. The van der Waals surface area contributed by atoms with Crippen LogP contribution in [0.2, 0.25) is 5.02 Å². The van der Waals surface area contributed by atoms with Crippen molar-refractivity contribution in [3.63, 3.8) is 0 Å². The molecular weight excluding hydrogens is 378 g/mol. The Bertz CT molecular complexity index is 1180. The Kier molecular flexibility index (Phi) is 3.70. The van der Waals surface area contributed by atoms with Gasteiger partial charge in [0.15, 0.2) is 11.5 Å². The first kappa shape index (κ1) is 16.9. The first-order chi connectivity index (χ1) is 13.6. The second kappa shape index (κ2) is 6.14. The summed E-state index contributed by atoms with van der Waals surface area (Å²) in [6.07, 6.45) is 2.54. The Morgan fingerprint density at radius 2 is 1.89 bits per heavy atom. The number of anilines is 1. The first-order valence-corrected chi connectivity index (χ1v) is 9.12. The van der Waals surface area contributed by atoms with Gasteiger partial charge >= 0.3 is 0 Å². The highest BCUT2D eigenvalue weighted by Crippen LogP contribution is 2.44. The van der Waals surface area contributed by atoms with Gasteiger partial charge in [0, 0.05) is 33.8 Å². The van der Waals surface area contributed by atoms with Crippen LogP contribution < -0.4 is 14.8 Å². The van der Waals surface area contributed by atoms with Gasteiger partial charge in [-0.05, 0) is 42.0 Å². The third kappa shape index (κ3) is 2.42. The molecule has 1 amide bonds. The van der Waals surface area contributed by atoms with Crippen molar-refractivity contribution in [2.45, 2.75) is 6.42 Å². The lowest BCUT2D eigenvalue weighted by molar-refractivity contribution is -0.110. The summed E-state index contributed by atoms with van der Waals surface area (Å²) in [5.41, 5.74) is 6.95. The molecule has 0 fully saturated rings. The van der Waals surface area contributed by atoms with E-state index in [1.54, 1.807) is 26.4 Å². The van der Waals surface area contributed by atoms with E-state index in [-0.39, 0.29) is 5.91 Å². The van der Waals surface area contributed by atoms with E-state index in [4.69, 9.17) is 21.1 Å². The molecule has 0 unspecified atom stereocenters. The fraction of sp³-hybridized carbons (Fsp3) is 0.143. The fourth-order valence-electron chi connectivity index (χ4n) is 3.83. The third-order valence-electron chi connectivity index (χ3n) is 5.18. The lowest BCUT2D eigenvalue weighted by atomic mass is 10.0. The highest BCUT2D eigenvalue weighted by Gasteiger charge is 2.29. The molecule has 0 saturated heterocycles. The number of halogens is 1. The number of nitrogens with one attached hydrogen (secondary N) is 2. The summed E-state index contributed by atoms with van der Waals surface area (Å²) in [6.45, 7) is 0. The maximum atomic E-state index is 12.5. The van der Waals surface area contributed by atoms with E-state index in [0.29, 0.717) is 28.5 Å². The number of carbonyl (C=O) groups is 1. The summed E-state index contributed by atoms with van der Waals surface area (Å²) in [7, 11) is 3.23. The van der Waals surface area contributed by atoms with Gasteiger partial charge < -0.3 is 14.8 Å². The van der Waals surface area contributed by atoms with Crippen LogP contribution in [-0.2, 0) is 11.2 Å². The number of H-pyrrole nitrogens is 1. The number of methoxy groups -OCH3 is 2. The molecule has 7 heteroatoms. The summed E-state index contributed by atoms with van der Waals surface area (Å²) >= 11 is 6.12. The van der Waals surface area contributed by atoms with Crippen molar-refractivity contribution in [2.75, 3.05) is 19.5 Å². The number of aromatic nitrogens is 2. The second-order valence-corrected chi connectivity index (χ2v) is 7.14. The Balaban J connectivity index is 1.60. The number of fused-ring (bicyclic) bond motifs is 4. The fourth-order valence-corrected chi connectivity index (χ4v) is 4.00. The average Bonchev–Trinajstić information content (AvgIpc) is 3.34. The molecule has 0 atom stereocenters. The number of nitrogens with zero attached hydrogens (tertiary/aromatic N) is 1. The van der Waals surface area contributed by atoms with Crippen LogP contribution in [-0.4, -0.2) is 30.3 Å². The Morgan fingerprint density at radius 1 is 1.11 bits per heavy atom. The van der Waals surface area contributed by atoms with Crippen molar-refractivity contribution < 1.29 is 14.3 Å². The van der Waals surface area contributed by atoms with Crippen molar-refractivity contribution in [3.8, 4) is 22.8 Å². The number of ether oxygens (including phenoxy) is 2. The molecule has 0 radical (unpaired) electrons. The van der Waals surface area contributed by atoms with Gasteiger partial charge in [0.25, 0.3) is 5.91 Å². The number of aromatic amines is 1. The molecule has 2 N–H and O–H groups in total. The van der Waals surface area contributed by atoms with Crippen molar-refractivity contribution in [1.29, 1.82) is 0 Å². The predicted octanol–water partition coefficient (Wildman–Crippen LogP) is 4.14. The molecule has 28 heavy (non-hydrogen) atoms. The van der Waals surface area contributed by atoms with E-state index < -0.39 is 0 Å². The van der Waals surface area contributed by atoms with E-state index in [0.717, 1.165) is 39.3 Å². The van der Waals surface area contributed by atoms with Crippen molar-refractivity contribution in [2.24, 2.45) is 0 Å². The Morgan fingerprint density at radius 3 is 2.68 bits per heavy atom. The van der Waals surface area contributed by atoms with Gasteiger partial charge in [-0.3, -0.25) is 9.89 Å². The lowest BCUT2D eigenvalue weighted by Crippen LogP contribution is -2.03. The van der Waals surface area contributed by atoms with E-state index >= 15 is 0 Å². The summed E-state index contributed by atoms with van der Waals surface area (Å²) in [5.74, 6) is 1.20. The molecule has 140 valence electrons. The summed E-state index contributed by atoms with van der Waals surface area (Å²) in [4.78, 5) is 12.5. The Labute approximate surface area is 166 Å². The minimum atomic E-state index is -0.153. The molecule has 0 saturated carbocycles. The maximum absolute atomic E-state index is 12.5. The van der Waals surface area contributed by atoms with Gasteiger partial charge in [0.05, 0.1) is 31.2 Å². The van der Waals surface area contributed by atoms with Crippen LogP contribution in [0.15, 0.2) is 30.3 Å². The average molecular weight is 394 g/mol. The highest BCUT2D eigenvalue weighted by atomic mass is 35.5. The van der Waals surface area contributed by atoms with Gasteiger partial charge in [0.2, 0.25) is 0 Å². The van der Waals surface area contributed by atoms with Crippen molar-refractivity contribution in [1.82, 2.24) is 10.2 Å². The minimum Gasteiger partial charge on any atom is -0.493 e. The monoisotopic (exact) mass is 393 g/mol. The standard InChI is InChI=1S/C21H16ClN3O3/c1-27-18-6-10-5-15-17(24-25-20(15)12(10)9-19(18)28-2)8-14-13-7-11(22)3-4-16(13)23-21(14)26/h3-4,6-9H,5H2,1-2H3,(H,23,26)(H,24,25)/b14-8-. The van der Waals surface area contributed by atoms with Crippen LogP contribution in [0.25, 0.3) is 22.9 Å². The van der Waals surface area contributed by atoms with E-state index in [1.807, 2.05) is 24.3 Å². The molecule has 0 bridgehead atoms. The number of amides is 1. The Hall–Kier alpha value is -3.25. The van der Waals surface area contributed by atoms with Crippen LogP contribution in [0.1, 0.15) is 22.4 Å². The largest absolute Gasteiger partial charge is 0.493 e. The lowest BCUT2D eigenvalue weighted by Gasteiger charge is -2.09. The quantitative estimate of drug-likeness (QED) is 0.513. The molecule has 1 aromatic heterocycles. The molecule has 2 aliphatic rings. The maximum Gasteiger partial charge on any atom is 0.256 e. The molecule has 3 aromatic rings. The van der Waals surface area contributed by atoms with Crippen molar-refractivity contribution in [3.05, 3.63) is 57.7 Å². The van der Waals surface area contributed by atoms with Gasteiger partial charge in [-0.15, -0.1) is 0 Å². The van der Waals surface area contributed by atoms with Gasteiger partial charge in [-0.1, -0.05) is 11.6 Å². The molecule has 2 heterocycles. The van der Waals surface area contributed by atoms with Crippen LogP contribution in [0.4, 0.5) is 5.69 Å². The normalized spacial score (nSPS) is 15.2. The molecule has 5 rings (SSSR count). The van der Waals surface area contributed by atoms with Gasteiger partial charge in [0.1, 0.15) is 0 Å². The zero-order chi connectivity index (χ0) is 19.4. The smallest absolute Gasteiger partial charge is 0.256 e. The molecule has 0 spiro atoms. The highest BCUT2D eigenvalue weighted by molar-refractivity contribution is 6.36. The zero-order valence-corrected chi connectivity index (χ0v) is 16.0. The number of carbonyl (C=O) groups excluding carboxylic acids is 1. The summed E-state index contributed by atoms with van der Waals surface area (Å²) < 4.78 is 10.8. The van der Waals surface area contributed by atoms with Crippen LogP contribution in [0.5, 0.6) is 11.5 Å². The van der Waals surface area contributed by atoms with Gasteiger partial charge in [-0.25, -0.2) is 0 Å². The molecule has 2 aromatic carbocycles. The predicted molar refractivity (Wildman–Crippen MR) is 108 cm³/mol. The summed E-state index contributed by atoms with van der Waals surface area (Å²) in [6, 6.07) is 9.28. The second-order valence-electron chi connectivity index (χ2n) is 6.71. The number of rotatable bonds is 3. The number of benzene rings is 2. The number of hydrogen-bond acceptors (Lipinski definition) is 4. The first-order valence-electron chi connectivity index (χ1n) is 8.74. The van der Waals surface area contributed by atoms with E-state index in [1.165, 1.54) is 0 Å². The SMILES string of the molecule is COc1cc2c(cc1OC)-c1n[nH]c(/C=C3\C(=O)Nc4ccc(Cl)cc43)c1C2. The van der Waals surface area contributed by atoms with E-state index in [2.05, 4.69) is 15.5 Å². The molecule has 1 aliphatic carbocycles. The molecular formula is C21H16ClN3O3. The van der Waals surface area contributed by atoms with Crippen LogP contribution >= 0.6 is 11.6 Å². The zero-order valence-electron chi connectivity index (χ0n) is 15.2. The molecule has 6 nitrogen and oxygen atoms in total. The minimum absolute atomic E-state index is 0.153. The number of hydrogen-bond donors (Lipinski definition) is 2. The topological polar surface area (TPSA) is 76.2 Å². The van der Waals surface area contributed by atoms with Gasteiger partial charge in [-0.2, -0.15) is 5.10 Å². The molecule has 1 aliphatic heterocycles. The van der Waals surface area contributed by atoms with Crippen LogP contribution in [0.3, 0.4) is 0 Å². The van der Waals surface area contributed by atoms with E-state index in [9.17, 15) is 4.79 Å². The van der Waals surface area contributed by atoms with Crippen molar-refractivity contribution >= 4 is 34.8 Å².